The molecule has 0 spiro atoms. The molecule has 3 aromatic rings. The number of carbonyl (C=O) groups excluding carboxylic acids is 1. The third-order valence-electron chi connectivity index (χ3n) is 5.94. The van der Waals surface area contributed by atoms with Gasteiger partial charge in [0.2, 0.25) is 5.91 Å². The zero-order valence-corrected chi connectivity index (χ0v) is 17.2. The Balaban J connectivity index is 1.35. The fourth-order valence-electron chi connectivity index (χ4n) is 4.26. The van der Waals surface area contributed by atoms with Crippen LogP contribution in [0.1, 0.15) is 47.3 Å². The molecule has 29 heavy (non-hydrogen) atoms. The normalized spacial score (nSPS) is 14.6. The van der Waals surface area contributed by atoms with Gasteiger partial charge in [-0.1, -0.05) is 24.3 Å². The van der Waals surface area contributed by atoms with E-state index in [4.69, 9.17) is 0 Å². The Labute approximate surface area is 171 Å². The van der Waals surface area contributed by atoms with Crippen molar-refractivity contribution in [1.82, 2.24) is 24.9 Å². The van der Waals surface area contributed by atoms with Gasteiger partial charge in [0.05, 0.1) is 13.1 Å². The molecule has 0 aliphatic carbocycles. The molecular formula is C22H29N6O+. The van der Waals surface area contributed by atoms with Gasteiger partial charge in [0.15, 0.2) is 0 Å². The van der Waals surface area contributed by atoms with Crippen molar-refractivity contribution in [3.05, 3.63) is 58.7 Å². The predicted octanol–water partition coefficient (Wildman–Crippen LogP) is 1.17. The lowest BCUT2D eigenvalue weighted by Crippen LogP contribution is -3.08. The smallest absolute Gasteiger partial charge is 0.252 e. The zero-order chi connectivity index (χ0) is 20.2. The first-order valence-electron chi connectivity index (χ1n) is 10.4. The third kappa shape index (κ3) is 4.45. The Morgan fingerprint density at radius 1 is 1.17 bits per heavy atom. The van der Waals surface area contributed by atoms with Crippen molar-refractivity contribution in [1.29, 1.82) is 0 Å². The Kier molecular flexibility index (Phi) is 5.85. The Bertz CT molecular complexity index is 1010. The Hall–Kier alpha value is -2.80. The van der Waals surface area contributed by atoms with E-state index in [9.17, 15) is 4.79 Å². The van der Waals surface area contributed by atoms with Gasteiger partial charge in [0, 0.05) is 42.8 Å². The Morgan fingerprint density at radius 3 is 2.72 bits per heavy atom. The molecule has 1 amide bonds. The number of nitrogens with zero attached hydrogens (tertiary/aromatic N) is 4. The summed E-state index contributed by atoms with van der Waals surface area (Å²) in [5.41, 5.74) is 5.54. The maximum Gasteiger partial charge on any atom is 0.252 e. The quantitative estimate of drug-likeness (QED) is 0.632. The van der Waals surface area contributed by atoms with Crippen molar-refractivity contribution in [2.45, 2.75) is 52.6 Å². The number of fused-ring (bicyclic) bond motifs is 1. The topological polar surface area (TPSA) is 76.6 Å². The maximum absolute atomic E-state index is 12.5. The minimum absolute atomic E-state index is 0.0609. The number of carbonyl (C=O) groups is 1. The van der Waals surface area contributed by atoms with Crippen LogP contribution in [-0.4, -0.2) is 38.6 Å². The fourth-order valence-corrected chi connectivity index (χ4v) is 4.26. The molecule has 2 aromatic heterocycles. The van der Waals surface area contributed by atoms with E-state index in [1.54, 1.807) is 9.42 Å². The standard InChI is InChI=1S/C22H28N6O/c1-16-20(17(2)28-22(26-16)24-15-25-28)9-10-21(29)23-13-18-7-3-4-8-19(18)14-27-11-5-6-12-27/h3-4,7-8,15H,5-6,9-14H2,1-2H3,(H,23,29)/p+1. The number of aryl methyl sites for hydroxylation is 2. The molecule has 0 radical (unpaired) electrons. The lowest BCUT2D eigenvalue weighted by molar-refractivity contribution is -0.901. The summed E-state index contributed by atoms with van der Waals surface area (Å²) in [5.74, 6) is 0.663. The highest BCUT2D eigenvalue weighted by Gasteiger charge is 2.17. The average molecular weight is 394 g/mol. The van der Waals surface area contributed by atoms with Crippen LogP contribution in [0.15, 0.2) is 30.6 Å². The summed E-state index contributed by atoms with van der Waals surface area (Å²) in [6, 6.07) is 8.46. The van der Waals surface area contributed by atoms with E-state index in [0.29, 0.717) is 25.2 Å². The van der Waals surface area contributed by atoms with E-state index >= 15 is 0 Å². The zero-order valence-electron chi connectivity index (χ0n) is 17.2. The molecule has 1 saturated heterocycles. The number of benzene rings is 1. The molecule has 0 bridgehead atoms. The molecule has 1 fully saturated rings. The Morgan fingerprint density at radius 2 is 1.93 bits per heavy atom. The summed E-state index contributed by atoms with van der Waals surface area (Å²) in [5, 5.41) is 7.32. The highest BCUT2D eigenvalue weighted by Crippen LogP contribution is 2.15. The van der Waals surface area contributed by atoms with E-state index < -0.39 is 0 Å². The minimum Gasteiger partial charge on any atom is -0.352 e. The summed E-state index contributed by atoms with van der Waals surface area (Å²) >= 11 is 0. The first-order chi connectivity index (χ1) is 14.1. The first kappa shape index (κ1) is 19.5. The number of hydrogen-bond donors (Lipinski definition) is 2. The van der Waals surface area contributed by atoms with Crippen LogP contribution in [-0.2, 0) is 24.3 Å². The maximum atomic E-state index is 12.5. The van der Waals surface area contributed by atoms with Crippen molar-refractivity contribution >= 4 is 11.7 Å². The van der Waals surface area contributed by atoms with Crippen LogP contribution in [0, 0.1) is 13.8 Å². The largest absolute Gasteiger partial charge is 0.352 e. The SMILES string of the molecule is Cc1nc2ncnn2c(C)c1CCC(=O)NCc1ccccc1C[NH+]1CCCC1. The van der Waals surface area contributed by atoms with Crippen LogP contribution >= 0.6 is 0 Å². The highest BCUT2D eigenvalue weighted by atomic mass is 16.1. The van der Waals surface area contributed by atoms with Crippen molar-refractivity contribution in [3.8, 4) is 0 Å². The minimum atomic E-state index is 0.0609. The lowest BCUT2D eigenvalue weighted by Gasteiger charge is -2.16. The summed E-state index contributed by atoms with van der Waals surface area (Å²) in [4.78, 5) is 22.8. The van der Waals surface area contributed by atoms with Crippen molar-refractivity contribution < 1.29 is 9.69 Å². The van der Waals surface area contributed by atoms with Crippen molar-refractivity contribution in [2.24, 2.45) is 0 Å². The molecule has 3 heterocycles. The number of hydrogen-bond acceptors (Lipinski definition) is 4. The van der Waals surface area contributed by atoms with E-state index in [1.165, 1.54) is 43.4 Å². The molecule has 152 valence electrons. The number of amides is 1. The average Bonchev–Trinajstić information content (AvgIpc) is 3.39. The summed E-state index contributed by atoms with van der Waals surface area (Å²) in [6.07, 6.45) is 5.23. The summed E-state index contributed by atoms with van der Waals surface area (Å²) in [6.45, 7) is 8.11. The van der Waals surface area contributed by atoms with E-state index in [-0.39, 0.29) is 5.91 Å². The molecule has 1 aliphatic heterocycles. The second-order valence-electron chi connectivity index (χ2n) is 7.91. The van der Waals surface area contributed by atoms with Gasteiger partial charge < -0.3 is 10.2 Å². The molecule has 0 saturated carbocycles. The lowest BCUT2D eigenvalue weighted by atomic mass is 10.1. The molecule has 2 N–H and O–H groups in total. The number of likely N-dealkylation sites (tertiary alicyclic amines) is 1. The van der Waals surface area contributed by atoms with Crippen LogP contribution in [0.2, 0.25) is 0 Å². The van der Waals surface area contributed by atoms with E-state index in [2.05, 4.69) is 44.6 Å². The molecule has 0 unspecified atom stereocenters. The number of quaternary nitrogens is 1. The van der Waals surface area contributed by atoms with Crippen LogP contribution in [0.4, 0.5) is 0 Å². The van der Waals surface area contributed by atoms with Gasteiger partial charge >= 0.3 is 0 Å². The van der Waals surface area contributed by atoms with E-state index in [0.717, 1.165) is 23.5 Å². The molecule has 1 aromatic carbocycles. The van der Waals surface area contributed by atoms with Crippen LogP contribution in [0.5, 0.6) is 0 Å². The third-order valence-corrected chi connectivity index (χ3v) is 5.94. The van der Waals surface area contributed by atoms with Gasteiger partial charge in [-0.05, 0) is 31.4 Å². The number of aromatic nitrogens is 4. The van der Waals surface area contributed by atoms with Crippen molar-refractivity contribution in [3.63, 3.8) is 0 Å². The van der Waals surface area contributed by atoms with Gasteiger partial charge in [-0.25, -0.2) is 9.50 Å². The predicted molar refractivity (Wildman–Crippen MR) is 111 cm³/mol. The second-order valence-corrected chi connectivity index (χ2v) is 7.91. The van der Waals surface area contributed by atoms with E-state index in [1.807, 2.05) is 13.8 Å². The van der Waals surface area contributed by atoms with Gasteiger partial charge in [-0.15, -0.1) is 0 Å². The molecular weight excluding hydrogens is 364 g/mol. The highest BCUT2D eigenvalue weighted by molar-refractivity contribution is 5.76. The fraction of sp³-hybridized carbons (Fsp3) is 0.455. The van der Waals surface area contributed by atoms with Crippen LogP contribution in [0.25, 0.3) is 5.78 Å². The van der Waals surface area contributed by atoms with Crippen LogP contribution in [0.3, 0.4) is 0 Å². The molecule has 1 aliphatic rings. The molecule has 7 nitrogen and oxygen atoms in total. The van der Waals surface area contributed by atoms with Gasteiger partial charge in [0.25, 0.3) is 5.78 Å². The van der Waals surface area contributed by atoms with Crippen molar-refractivity contribution in [2.75, 3.05) is 13.1 Å². The number of nitrogens with one attached hydrogen (secondary N) is 2. The first-order valence-corrected chi connectivity index (χ1v) is 10.4. The molecule has 4 rings (SSSR count). The summed E-state index contributed by atoms with van der Waals surface area (Å²) in [7, 11) is 0. The monoisotopic (exact) mass is 393 g/mol. The van der Waals surface area contributed by atoms with Gasteiger partial charge in [0.1, 0.15) is 12.9 Å². The summed E-state index contributed by atoms with van der Waals surface area (Å²) < 4.78 is 1.73. The second kappa shape index (κ2) is 8.69. The van der Waals surface area contributed by atoms with Crippen LogP contribution < -0.4 is 10.2 Å². The van der Waals surface area contributed by atoms with Gasteiger partial charge in [-0.3, -0.25) is 4.79 Å². The van der Waals surface area contributed by atoms with Gasteiger partial charge in [-0.2, -0.15) is 10.1 Å². The molecule has 0 atom stereocenters. The number of rotatable bonds is 7. The molecule has 7 heteroatoms.